The third-order valence-corrected chi connectivity index (χ3v) is 3.48. The molecule has 0 aliphatic carbocycles. The summed E-state index contributed by atoms with van der Waals surface area (Å²) in [5, 5.41) is 0. The van der Waals surface area contributed by atoms with Gasteiger partial charge in [0.05, 0.1) is 11.5 Å². The second-order valence-corrected chi connectivity index (χ2v) is 4.38. The van der Waals surface area contributed by atoms with Crippen molar-refractivity contribution >= 4 is 27.7 Å². The molecule has 0 aromatic heterocycles. The predicted molar refractivity (Wildman–Crippen MR) is 59.7 cm³/mol. The first-order valence-electron chi connectivity index (χ1n) is 4.02. The maximum atomic E-state index is 13.4. The van der Waals surface area contributed by atoms with Crippen LogP contribution in [-0.4, -0.2) is 12.9 Å². The molecule has 0 aliphatic rings. The van der Waals surface area contributed by atoms with Crippen LogP contribution in [0.25, 0.3) is 0 Å². The third kappa shape index (κ3) is 2.95. The zero-order valence-electron chi connectivity index (χ0n) is 7.72. The Kier molecular flexibility index (Phi) is 4.88. The molecular formula is C9H11BrFNOS. The van der Waals surface area contributed by atoms with Crippen LogP contribution in [0.1, 0.15) is 5.56 Å². The van der Waals surface area contributed by atoms with Gasteiger partial charge in [-0.1, -0.05) is 0 Å². The quantitative estimate of drug-likeness (QED) is 0.680. The molecule has 1 aromatic carbocycles. The van der Waals surface area contributed by atoms with Gasteiger partial charge in [0.1, 0.15) is 5.82 Å². The van der Waals surface area contributed by atoms with E-state index in [1.165, 1.54) is 17.8 Å². The second-order valence-electron chi connectivity index (χ2n) is 2.71. The van der Waals surface area contributed by atoms with Crippen LogP contribution in [-0.2, 0) is 11.3 Å². The molecule has 0 radical (unpaired) electrons. The standard InChI is InChI=1S/C9H11BrFNOS/c1-14-9-7(10)4-6(2-3-13-12)5-8(9)11/h4-5H,2-3,12H2,1H3. The minimum Gasteiger partial charge on any atom is -0.304 e. The van der Waals surface area contributed by atoms with Crippen LogP contribution < -0.4 is 5.90 Å². The number of thioether (sulfide) groups is 1. The Morgan fingerprint density at radius 3 is 2.79 bits per heavy atom. The van der Waals surface area contributed by atoms with E-state index in [0.29, 0.717) is 17.9 Å². The minimum absolute atomic E-state index is 0.209. The summed E-state index contributed by atoms with van der Waals surface area (Å²) >= 11 is 4.69. The number of hydrogen-bond donors (Lipinski definition) is 1. The Bertz CT molecular complexity index is 299. The van der Waals surface area contributed by atoms with Crippen LogP contribution in [0.4, 0.5) is 4.39 Å². The van der Waals surface area contributed by atoms with Gasteiger partial charge in [0, 0.05) is 4.47 Å². The fourth-order valence-electron chi connectivity index (χ4n) is 1.13. The van der Waals surface area contributed by atoms with E-state index in [1.807, 2.05) is 12.3 Å². The number of rotatable bonds is 4. The lowest BCUT2D eigenvalue weighted by Gasteiger charge is -2.06. The van der Waals surface area contributed by atoms with Crippen molar-refractivity contribution in [3.63, 3.8) is 0 Å². The number of benzene rings is 1. The Morgan fingerprint density at radius 1 is 1.57 bits per heavy atom. The van der Waals surface area contributed by atoms with Crippen molar-refractivity contribution in [1.82, 2.24) is 0 Å². The highest BCUT2D eigenvalue weighted by atomic mass is 79.9. The average Bonchev–Trinajstić information content (AvgIpc) is 2.14. The van der Waals surface area contributed by atoms with Gasteiger partial charge in [-0.15, -0.1) is 11.8 Å². The van der Waals surface area contributed by atoms with E-state index in [0.717, 1.165) is 10.0 Å². The maximum Gasteiger partial charge on any atom is 0.138 e. The van der Waals surface area contributed by atoms with Crippen molar-refractivity contribution in [3.8, 4) is 0 Å². The predicted octanol–water partition coefficient (Wildman–Crippen LogP) is 2.74. The van der Waals surface area contributed by atoms with Crippen molar-refractivity contribution in [3.05, 3.63) is 28.0 Å². The van der Waals surface area contributed by atoms with E-state index >= 15 is 0 Å². The highest BCUT2D eigenvalue weighted by molar-refractivity contribution is 9.10. The van der Waals surface area contributed by atoms with E-state index < -0.39 is 0 Å². The molecule has 0 saturated carbocycles. The molecule has 0 fully saturated rings. The van der Waals surface area contributed by atoms with E-state index in [1.54, 1.807) is 0 Å². The molecule has 2 N–H and O–H groups in total. The zero-order valence-corrected chi connectivity index (χ0v) is 10.1. The first-order chi connectivity index (χ1) is 6.69. The van der Waals surface area contributed by atoms with Gasteiger partial charge in [0.2, 0.25) is 0 Å². The molecule has 0 heterocycles. The smallest absolute Gasteiger partial charge is 0.138 e. The lowest BCUT2D eigenvalue weighted by Crippen LogP contribution is -2.04. The molecule has 0 amide bonds. The summed E-state index contributed by atoms with van der Waals surface area (Å²) in [5.41, 5.74) is 0.873. The molecule has 1 aromatic rings. The van der Waals surface area contributed by atoms with Crippen LogP contribution in [0.3, 0.4) is 0 Å². The molecule has 0 spiro atoms. The number of hydrogen-bond acceptors (Lipinski definition) is 3. The normalized spacial score (nSPS) is 10.6. The third-order valence-electron chi connectivity index (χ3n) is 1.77. The minimum atomic E-state index is -0.209. The highest BCUT2D eigenvalue weighted by Gasteiger charge is 2.07. The fourth-order valence-corrected chi connectivity index (χ4v) is 2.61. The molecule has 78 valence electrons. The monoisotopic (exact) mass is 279 g/mol. The van der Waals surface area contributed by atoms with Gasteiger partial charge in [-0.25, -0.2) is 10.3 Å². The van der Waals surface area contributed by atoms with Gasteiger partial charge in [-0.3, -0.25) is 0 Å². The van der Waals surface area contributed by atoms with Crippen molar-refractivity contribution < 1.29 is 9.23 Å². The first kappa shape index (κ1) is 12.0. The Hall–Kier alpha value is -0.100. The maximum absolute atomic E-state index is 13.4. The van der Waals surface area contributed by atoms with Crippen molar-refractivity contribution in [1.29, 1.82) is 0 Å². The van der Waals surface area contributed by atoms with E-state index in [2.05, 4.69) is 20.8 Å². The molecular weight excluding hydrogens is 269 g/mol. The topological polar surface area (TPSA) is 35.2 Å². The fraction of sp³-hybridized carbons (Fsp3) is 0.333. The van der Waals surface area contributed by atoms with Crippen molar-refractivity contribution in [2.75, 3.05) is 12.9 Å². The van der Waals surface area contributed by atoms with Gasteiger partial charge in [-0.2, -0.15) is 0 Å². The number of halogens is 2. The lowest BCUT2D eigenvalue weighted by molar-refractivity contribution is 0.141. The summed E-state index contributed by atoms with van der Waals surface area (Å²) in [6.07, 6.45) is 2.45. The van der Waals surface area contributed by atoms with Crippen molar-refractivity contribution in [2.45, 2.75) is 11.3 Å². The van der Waals surface area contributed by atoms with E-state index in [-0.39, 0.29) is 5.82 Å². The van der Waals surface area contributed by atoms with Crippen LogP contribution in [0.2, 0.25) is 0 Å². The van der Waals surface area contributed by atoms with Crippen molar-refractivity contribution in [2.24, 2.45) is 5.90 Å². The van der Waals surface area contributed by atoms with E-state index in [9.17, 15) is 4.39 Å². The summed E-state index contributed by atoms with van der Waals surface area (Å²) in [6.45, 7) is 0.393. The Morgan fingerprint density at radius 2 is 2.29 bits per heavy atom. The SMILES string of the molecule is CSc1c(F)cc(CCON)cc1Br. The molecule has 14 heavy (non-hydrogen) atoms. The summed E-state index contributed by atoms with van der Waals surface area (Å²) in [5.74, 6) is 4.69. The molecule has 0 bridgehead atoms. The molecule has 0 saturated heterocycles. The van der Waals surface area contributed by atoms with Crippen LogP contribution in [0.15, 0.2) is 21.5 Å². The van der Waals surface area contributed by atoms with Gasteiger partial charge in [0.15, 0.2) is 0 Å². The Labute approximate surface area is 95.1 Å². The average molecular weight is 280 g/mol. The molecule has 5 heteroatoms. The summed E-state index contributed by atoms with van der Waals surface area (Å²) in [6, 6.07) is 3.39. The molecule has 2 nitrogen and oxygen atoms in total. The molecule has 0 unspecified atom stereocenters. The second kappa shape index (κ2) is 5.70. The van der Waals surface area contributed by atoms with Gasteiger partial charge in [-0.05, 0) is 46.3 Å². The zero-order chi connectivity index (χ0) is 10.6. The van der Waals surface area contributed by atoms with E-state index in [4.69, 9.17) is 5.90 Å². The van der Waals surface area contributed by atoms with Crippen LogP contribution >= 0.6 is 27.7 Å². The van der Waals surface area contributed by atoms with Gasteiger partial charge < -0.3 is 4.84 Å². The molecule has 0 aliphatic heterocycles. The summed E-state index contributed by atoms with van der Waals surface area (Å²) < 4.78 is 14.2. The summed E-state index contributed by atoms with van der Waals surface area (Å²) in [4.78, 5) is 5.07. The Balaban J connectivity index is 2.90. The largest absolute Gasteiger partial charge is 0.304 e. The number of nitrogens with two attached hydrogens (primary N) is 1. The first-order valence-corrected chi connectivity index (χ1v) is 6.04. The molecule has 0 atom stereocenters. The van der Waals surface area contributed by atoms with Crippen LogP contribution in [0.5, 0.6) is 0 Å². The molecule has 1 rings (SSSR count). The van der Waals surface area contributed by atoms with Gasteiger partial charge >= 0.3 is 0 Å². The lowest BCUT2D eigenvalue weighted by atomic mass is 10.1. The van der Waals surface area contributed by atoms with Crippen LogP contribution in [0, 0.1) is 5.82 Å². The summed E-state index contributed by atoms with van der Waals surface area (Å²) in [7, 11) is 0. The highest BCUT2D eigenvalue weighted by Crippen LogP contribution is 2.29. The van der Waals surface area contributed by atoms with Gasteiger partial charge in [0.25, 0.3) is 0 Å².